The van der Waals surface area contributed by atoms with Gasteiger partial charge < -0.3 is 9.47 Å². The number of hydrogen-bond donors (Lipinski definition) is 0. The van der Waals surface area contributed by atoms with Crippen LogP contribution < -0.4 is 4.74 Å². The molecule has 1 aromatic carbocycles. The first-order chi connectivity index (χ1) is 12.4. The van der Waals surface area contributed by atoms with E-state index in [9.17, 15) is 0 Å². The molecule has 0 bridgehead atoms. The van der Waals surface area contributed by atoms with Crippen molar-refractivity contribution in [3.63, 3.8) is 0 Å². The van der Waals surface area contributed by atoms with Crippen molar-refractivity contribution < 1.29 is 9.47 Å². The first-order valence-corrected chi connectivity index (χ1v) is 10.7. The minimum Gasteiger partial charge on any atom is -0.491 e. The molecule has 0 aliphatic carbocycles. The van der Waals surface area contributed by atoms with Crippen LogP contribution in [0.4, 0.5) is 0 Å². The second-order valence-electron chi connectivity index (χ2n) is 7.55. The fourth-order valence-corrected chi connectivity index (χ4v) is 3.31. The fourth-order valence-electron chi connectivity index (χ4n) is 3.31. The Labute approximate surface area is 155 Å². The van der Waals surface area contributed by atoms with E-state index >= 15 is 0 Å². The van der Waals surface area contributed by atoms with Crippen LogP contribution in [0.25, 0.3) is 0 Å². The van der Waals surface area contributed by atoms with Crippen molar-refractivity contribution in [2.75, 3.05) is 13.2 Å². The minimum atomic E-state index is 0.333. The third kappa shape index (κ3) is 10.5. The van der Waals surface area contributed by atoms with Crippen molar-refractivity contribution in [3.8, 4) is 5.75 Å². The summed E-state index contributed by atoms with van der Waals surface area (Å²) >= 11 is 0. The molecule has 0 N–H and O–H groups in total. The summed E-state index contributed by atoms with van der Waals surface area (Å²) in [6.07, 6.45) is 18.4. The molecule has 0 radical (unpaired) electrons. The molecule has 1 aliphatic rings. The van der Waals surface area contributed by atoms with E-state index in [1.807, 2.05) is 6.07 Å². The van der Waals surface area contributed by atoms with E-state index in [-0.39, 0.29) is 0 Å². The van der Waals surface area contributed by atoms with Gasteiger partial charge in [0.25, 0.3) is 0 Å². The molecular weight excluding hydrogens is 308 g/mol. The summed E-state index contributed by atoms with van der Waals surface area (Å²) in [6, 6.07) is 8.58. The highest BCUT2D eigenvalue weighted by atomic mass is 16.6. The quantitative estimate of drug-likeness (QED) is 0.245. The molecule has 142 valence electrons. The smallest absolute Gasteiger partial charge is 0.119 e. The number of epoxide rings is 1. The van der Waals surface area contributed by atoms with E-state index in [1.165, 1.54) is 89.0 Å². The number of aryl methyl sites for hydroxylation is 1. The van der Waals surface area contributed by atoms with Crippen LogP contribution in [0.5, 0.6) is 5.75 Å². The van der Waals surface area contributed by atoms with Gasteiger partial charge in [-0.1, -0.05) is 89.7 Å². The molecule has 1 saturated heterocycles. The van der Waals surface area contributed by atoms with Gasteiger partial charge in [-0.3, -0.25) is 0 Å². The molecule has 0 saturated carbocycles. The van der Waals surface area contributed by atoms with Crippen molar-refractivity contribution in [2.24, 2.45) is 0 Å². The van der Waals surface area contributed by atoms with Gasteiger partial charge in [-0.05, 0) is 30.5 Å². The van der Waals surface area contributed by atoms with Gasteiger partial charge in [-0.2, -0.15) is 0 Å². The lowest BCUT2D eigenvalue weighted by Crippen LogP contribution is -2.04. The van der Waals surface area contributed by atoms with Crippen molar-refractivity contribution in [1.82, 2.24) is 0 Å². The molecule has 0 spiro atoms. The van der Waals surface area contributed by atoms with Gasteiger partial charge in [0.15, 0.2) is 0 Å². The van der Waals surface area contributed by atoms with Gasteiger partial charge in [0.1, 0.15) is 18.5 Å². The van der Waals surface area contributed by atoms with Gasteiger partial charge in [-0.15, -0.1) is 0 Å². The molecule has 1 aliphatic heterocycles. The standard InChI is InChI=1S/C23H38O2/c1-2-3-4-5-6-7-8-9-10-11-12-13-15-21-16-14-17-22(18-21)24-19-23-20-25-23/h14,16-18,23H,2-13,15,19-20H2,1H3. The molecular formula is C23H38O2. The second kappa shape index (κ2) is 13.2. The van der Waals surface area contributed by atoms with Crippen LogP contribution in [0.2, 0.25) is 0 Å². The van der Waals surface area contributed by atoms with Crippen molar-refractivity contribution >= 4 is 0 Å². The Morgan fingerprint density at radius 2 is 1.48 bits per heavy atom. The summed E-state index contributed by atoms with van der Waals surface area (Å²) in [7, 11) is 0. The summed E-state index contributed by atoms with van der Waals surface area (Å²) in [5.74, 6) is 0.993. The van der Waals surface area contributed by atoms with Gasteiger partial charge in [0.2, 0.25) is 0 Å². The Bertz CT molecular complexity index is 439. The van der Waals surface area contributed by atoms with Crippen molar-refractivity contribution in [2.45, 2.75) is 96.5 Å². The number of hydrogen-bond acceptors (Lipinski definition) is 2. The molecule has 2 nitrogen and oxygen atoms in total. The van der Waals surface area contributed by atoms with E-state index < -0.39 is 0 Å². The summed E-state index contributed by atoms with van der Waals surface area (Å²) in [6.45, 7) is 3.84. The van der Waals surface area contributed by atoms with E-state index in [0.29, 0.717) is 12.7 Å². The predicted molar refractivity (Wildman–Crippen MR) is 106 cm³/mol. The number of unbranched alkanes of at least 4 members (excludes halogenated alkanes) is 11. The predicted octanol–water partition coefficient (Wildman–Crippen LogP) is 6.71. The second-order valence-corrected chi connectivity index (χ2v) is 7.55. The van der Waals surface area contributed by atoms with Gasteiger partial charge in [0, 0.05) is 0 Å². The van der Waals surface area contributed by atoms with Crippen LogP contribution in [0.1, 0.15) is 89.5 Å². The zero-order valence-electron chi connectivity index (χ0n) is 16.3. The summed E-state index contributed by atoms with van der Waals surface area (Å²) in [5, 5.41) is 0. The van der Waals surface area contributed by atoms with Gasteiger partial charge >= 0.3 is 0 Å². The zero-order chi connectivity index (χ0) is 17.6. The summed E-state index contributed by atoms with van der Waals surface area (Å²) < 4.78 is 10.9. The van der Waals surface area contributed by atoms with Crippen molar-refractivity contribution in [3.05, 3.63) is 29.8 Å². The Balaban J connectivity index is 1.40. The van der Waals surface area contributed by atoms with Crippen LogP contribution in [-0.4, -0.2) is 19.3 Å². The van der Waals surface area contributed by atoms with Crippen LogP contribution in [0, 0.1) is 0 Å². The zero-order valence-corrected chi connectivity index (χ0v) is 16.3. The molecule has 2 rings (SSSR count). The molecule has 1 fully saturated rings. The first-order valence-electron chi connectivity index (χ1n) is 10.7. The topological polar surface area (TPSA) is 21.8 Å². The van der Waals surface area contributed by atoms with Crippen LogP contribution in [-0.2, 0) is 11.2 Å². The Morgan fingerprint density at radius 1 is 0.880 bits per heavy atom. The third-order valence-corrected chi connectivity index (χ3v) is 5.06. The molecule has 1 atom stereocenters. The normalized spacial score (nSPS) is 16.1. The average molecular weight is 347 g/mol. The van der Waals surface area contributed by atoms with Crippen LogP contribution in [0.3, 0.4) is 0 Å². The first kappa shape index (κ1) is 20.3. The lowest BCUT2D eigenvalue weighted by molar-refractivity contribution is 0.263. The minimum absolute atomic E-state index is 0.333. The lowest BCUT2D eigenvalue weighted by atomic mass is 10.0. The largest absolute Gasteiger partial charge is 0.491 e. The highest BCUT2D eigenvalue weighted by Gasteiger charge is 2.22. The molecule has 0 aromatic heterocycles. The van der Waals surface area contributed by atoms with Gasteiger partial charge in [0.05, 0.1) is 6.61 Å². The summed E-state index contributed by atoms with van der Waals surface area (Å²) in [4.78, 5) is 0. The molecule has 1 aromatic rings. The number of rotatable bonds is 16. The van der Waals surface area contributed by atoms with Crippen LogP contribution >= 0.6 is 0 Å². The van der Waals surface area contributed by atoms with E-state index in [4.69, 9.17) is 9.47 Å². The van der Waals surface area contributed by atoms with E-state index in [0.717, 1.165) is 12.4 Å². The maximum Gasteiger partial charge on any atom is 0.119 e. The Hall–Kier alpha value is -1.02. The Kier molecular flexibility index (Phi) is 10.7. The average Bonchev–Trinajstić information content (AvgIpc) is 3.46. The number of ether oxygens (including phenoxy) is 2. The lowest BCUT2D eigenvalue weighted by Gasteiger charge is -2.07. The number of benzene rings is 1. The summed E-state index contributed by atoms with van der Waals surface area (Å²) in [5.41, 5.74) is 1.40. The van der Waals surface area contributed by atoms with E-state index in [2.05, 4.69) is 25.1 Å². The highest BCUT2D eigenvalue weighted by Crippen LogP contribution is 2.18. The maximum atomic E-state index is 5.76. The molecule has 2 heteroatoms. The highest BCUT2D eigenvalue weighted by molar-refractivity contribution is 5.28. The van der Waals surface area contributed by atoms with Gasteiger partial charge in [-0.25, -0.2) is 0 Å². The molecule has 25 heavy (non-hydrogen) atoms. The molecule has 1 heterocycles. The molecule has 1 unspecified atom stereocenters. The molecule has 0 amide bonds. The van der Waals surface area contributed by atoms with Crippen molar-refractivity contribution in [1.29, 1.82) is 0 Å². The Morgan fingerprint density at radius 3 is 2.08 bits per heavy atom. The maximum absolute atomic E-state index is 5.76. The fraction of sp³-hybridized carbons (Fsp3) is 0.739. The monoisotopic (exact) mass is 346 g/mol. The third-order valence-electron chi connectivity index (χ3n) is 5.06. The van der Waals surface area contributed by atoms with Crippen LogP contribution in [0.15, 0.2) is 24.3 Å². The van der Waals surface area contributed by atoms with E-state index in [1.54, 1.807) is 0 Å². The SMILES string of the molecule is CCCCCCCCCCCCCCc1cccc(OCC2CO2)c1.